The fraction of sp³-hybridized carbons (Fsp3) is 0.125. The molecule has 62 valence electrons. The van der Waals surface area contributed by atoms with Crippen molar-refractivity contribution < 1.29 is 0 Å². The molecule has 4 heteroatoms. The molecular formula is C8H5Br2NS. The second-order valence-corrected chi connectivity index (χ2v) is 6.44. The van der Waals surface area contributed by atoms with Gasteiger partial charge >= 0.3 is 0 Å². The second kappa shape index (κ2) is 3.44. The Balaban J connectivity index is 2.62. The molecule has 1 heterocycles. The van der Waals surface area contributed by atoms with Crippen LogP contribution in [0.25, 0.3) is 10.2 Å². The van der Waals surface area contributed by atoms with Gasteiger partial charge in [0.2, 0.25) is 0 Å². The van der Waals surface area contributed by atoms with E-state index < -0.39 is 0 Å². The molecule has 0 atom stereocenters. The number of para-hydroxylation sites is 1. The number of thiazole rings is 1. The number of aromatic nitrogens is 1. The monoisotopic (exact) mass is 305 g/mol. The van der Waals surface area contributed by atoms with Crippen LogP contribution in [0.3, 0.4) is 0 Å². The molecular weight excluding hydrogens is 302 g/mol. The highest BCUT2D eigenvalue weighted by Crippen LogP contribution is 2.34. The van der Waals surface area contributed by atoms with Gasteiger partial charge in [0.05, 0.1) is 10.2 Å². The van der Waals surface area contributed by atoms with Crippen molar-refractivity contribution in [3.63, 3.8) is 0 Å². The summed E-state index contributed by atoms with van der Waals surface area (Å²) < 4.78 is 1.40. The molecule has 0 N–H and O–H groups in total. The van der Waals surface area contributed by atoms with Gasteiger partial charge in [0.1, 0.15) is 8.74 Å². The zero-order valence-electron chi connectivity index (χ0n) is 6.00. The van der Waals surface area contributed by atoms with E-state index in [1.165, 1.54) is 4.70 Å². The van der Waals surface area contributed by atoms with Gasteiger partial charge in [0, 0.05) is 0 Å². The van der Waals surface area contributed by atoms with Gasteiger partial charge in [-0.2, -0.15) is 0 Å². The van der Waals surface area contributed by atoms with Crippen molar-refractivity contribution in [2.24, 2.45) is 0 Å². The molecule has 0 aliphatic rings. The number of halogens is 2. The van der Waals surface area contributed by atoms with Gasteiger partial charge < -0.3 is 0 Å². The number of hydrogen-bond acceptors (Lipinski definition) is 2. The normalized spacial score (nSPS) is 11.2. The summed E-state index contributed by atoms with van der Waals surface area (Å²) in [6.45, 7) is 0. The van der Waals surface area contributed by atoms with Crippen LogP contribution in [0.4, 0.5) is 0 Å². The van der Waals surface area contributed by atoms with E-state index in [0.29, 0.717) is 0 Å². The largest absolute Gasteiger partial charge is 0.239 e. The third-order valence-corrected chi connectivity index (χ3v) is 4.07. The van der Waals surface area contributed by atoms with Crippen LogP contribution in [-0.4, -0.2) is 4.98 Å². The fourth-order valence-electron chi connectivity index (χ4n) is 0.983. The van der Waals surface area contributed by atoms with Crippen molar-refractivity contribution in [1.82, 2.24) is 4.98 Å². The van der Waals surface area contributed by atoms with Gasteiger partial charge in [0.25, 0.3) is 0 Å². The summed E-state index contributed by atoms with van der Waals surface area (Å²) in [5.41, 5.74) is 1.07. The highest BCUT2D eigenvalue weighted by atomic mass is 79.9. The molecule has 0 aliphatic carbocycles. The number of benzene rings is 1. The molecule has 2 aromatic rings. The maximum Gasteiger partial charge on any atom is 0.121 e. The van der Waals surface area contributed by atoms with E-state index in [2.05, 4.69) is 42.9 Å². The topological polar surface area (TPSA) is 12.9 Å². The highest BCUT2D eigenvalue weighted by molar-refractivity contribution is 9.24. The predicted molar refractivity (Wildman–Crippen MR) is 60.2 cm³/mol. The molecule has 0 unspecified atom stereocenters. The first-order chi connectivity index (χ1) is 5.77. The second-order valence-electron chi connectivity index (χ2n) is 2.32. The van der Waals surface area contributed by atoms with E-state index in [0.717, 1.165) is 10.5 Å². The standard InChI is InChI=1S/C8H5Br2NS/c9-7(10)8-11-5-3-1-2-4-6(5)12-8/h1-4,7H. The quantitative estimate of drug-likeness (QED) is 0.723. The minimum Gasteiger partial charge on any atom is -0.239 e. The Kier molecular flexibility index (Phi) is 2.48. The molecule has 0 spiro atoms. The van der Waals surface area contributed by atoms with Gasteiger partial charge in [-0.3, -0.25) is 0 Å². The number of fused-ring (bicyclic) bond motifs is 1. The summed E-state index contributed by atoms with van der Waals surface area (Å²) in [6, 6.07) is 8.14. The van der Waals surface area contributed by atoms with E-state index in [9.17, 15) is 0 Å². The van der Waals surface area contributed by atoms with Crippen LogP contribution in [0.2, 0.25) is 0 Å². The molecule has 0 aliphatic heterocycles. The summed E-state index contributed by atoms with van der Waals surface area (Å²) in [6.07, 6.45) is 0. The number of hydrogen-bond donors (Lipinski definition) is 0. The maximum absolute atomic E-state index is 4.44. The Morgan fingerprint density at radius 3 is 2.67 bits per heavy atom. The first-order valence-corrected chi connectivity index (χ1v) is 6.06. The molecule has 1 aromatic heterocycles. The van der Waals surface area contributed by atoms with Crippen LogP contribution in [-0.2, 0) is 0 Å². The lowest BCUT2D eigenvalue weighted by atomic mass is 10.3. The van der Waals surface area contributed by atoms with E-state index in [-0.39, 0.29) is 3.74 Å². The van der Waals surface area contributed by atoms with E-state index >= 15 is 0 Å². The lowest BCUT2D eigenvalue weighted by Crippen LogP contribution is -1.74. The van der Waals surface area contributed by atoms with Crippen LogP contribution in [0.15, 0.2) is 24.3 Å². The van der Waals surface area contributed by atoms with Gasteiger partial charge in [-0.1, -0.05) is 44.0 Å². The zero-order valence-corrected chi connectivity index (χ0v) is 9.99. The van der Waals surface area contributed by atoms with Crippen molar-refractivity contribution >= 4 is 53.4 Å². The minimum atomic E-state index is 0.169. The van der Waals surface area contributed by atoms with Crippen molar-refractivity contribution in [2.75, 3.05) is 0 Å². The van der Waals surface area contributed by atoms with Crippen LogP contribution >= 0.6 is 43.2 Å². The van der Waals surface area contributed by atoms with E-state index in [4.69, 9.17) is 0 Å². The third kappa shape index (κ3) is 1.56. The zero-order chi connectivity index (χ0) is 8.55. The highest BCUT2D eigenvalue weighted by Gasteiger charge is 2.08. The Morgan fingerprint density at radius 2 is 2.00 bits per heavy atom. The van der Waals surface area contributed by atoms with Crippen molar-refractivity contribution in [1.29, 1.82) is 0 Å². The average molecular weight is 307 g/mol. The van der Waals surface area contributed by atoms with Crippen molar-refractivity contribution in [3.05, 3.63) is 29.3 Å². The lowest BCUT2D eigenvalue weighted by Gasteiger charge is -1.90. The molecule has 2 rings (SSSR count). The molecule has 0 saturated heterocycles. The summed E-state index contributed by atoms with van der Waals surface area (Å²) in [5.74, 6) is 0. The van der Waals surface area contributed by atoms with Gasteiger partial charge in [-0.25, -0.2) is 4.98 Å². The number of rotatable bonds is 1. The van der Waals surface area contributed by atoms with E-state index in [1.54, 1.807) is 11.3 Å². The van der Waals surface area contributed by atoms with Crippen LogP contribution in [0.5, 0.6) is 0 Å². The van der Waals surface area contributed by atoms with E-state index in [1.807, 2.05) is 18.2 Å². The summed E-state index contributed by atoms with van der Waals surface area (Å²) >= 11 is 8.55. The minimum absolute atomic E-state index is 0.169. The third-order valence-electron chi connectivity index (χ3n) is 1.50. The Bertz CT molecular complexity index is 364. The van der Waals surface area contributed by atoms with Crippen LogP contribution in [0.1, 0.15) is 8.74 Å². The molecule has 12 heavy (non-hydrogen) atoms. The summed E-state index contributed by atoms with van der Waals surface area (Å²) in [7, 11) is 0. The van der Waals surface area contributed by atoms with Gasteiger partial charge in [-0.05, 0) is 12.1 Å². The summed E-state index contributed by atoms with van der Waals surface area (Å²) in [4.78, 5) is 4.44. The smallest absolute Gasteiger partial charge is 0.121 e. The molecule has 0 saturated carbocycles. The Labute approximate surface area is 91.1 Å². The predicted octanol–water partition coefficient (Wildman–Crippen LogP) is 4.08. The fourth-order valence-corrected chi connectivity index (χ4v) is 2.57. The molecule has 1 aromatic carbocycles. The van der Waals surface area contributed by atoms with Crippen LogP contribution in [0, 0.1) is 0 Å². The number of alkyl halides is 2. The molecule has 0 bridgehead atoms. The van der Waals surface area contributed by atoms with Crippen molar-refractivity contribution in [3.8, 4) is 0 Å². The first-order valence-electron chi connectivity index (χ1n) is 3.41. The lowest BCUT2D eigenvalue weighted by molar-refractivity contribution is 1.32. The first kappa shape index (κ1) is 8.66. The van der Waals surface area contributed by atoms with Gasteiger partial charge in [-0.15, -0.1) is 11.3 Å². The average Bonchev–Trinajstić information content (AvgIpc) is 2.46. The van der Waals surface area contributed by atoms with Gasteiger partial charge in [0.15, 0.2) is 0 Å². The maximum atomic E-state index is 4.44. The Hall–Kier alpha value is 0.0700. The SMILES string of the molecule is BrC(Br)c1nc2ccccc2s1. The molecule has 1 nitrogen and oxygen atoms in total. The molecule has 0 amide bonds. The van der Waals surface area contributed by atoms with Crippen LogP contribution < -0.4 is 0 Å². The summed E-state index contributed by atoms with van der Waals surface area (Å²) in [5, 5.41) is 1.07. The van der Waals surface area contributed by atoms with Crippen molar-refractivity contribution in [2.45, 2.75) is 3.74 Å². The number of nitrogens with zero attached hydrogens (tertiary/aromatic N) is 1. The Morgan fingerprint density at radius 1 is 1.25 bits per heavy atom. The molecule has 0 fully saturated rings. The molecule has 0 radical (unpaired) electrons.